The van der Waals surface area contributed by atoms with E-state index < -0.39 is 0 Å². The molecule has 2 heteroatoms. The van der Waals surface area contributed by atoms with Crippen molar-refractivity contribution in [2.24, 2.45) is 11.8 Å². The topological polar surface area (TPSA) is 15.3 Å². The minimum atomic E-state index is 0.837. The Kier molecular flexibility index (Phi) is 1.16. The van der Waals surface area contributed by atoms with Crippen molar-refractivity contribution in [3.8, 4) is 0 Å². The molecule has 1 aliphatic carbocycles. The van der Waals surface area contributed by atoms with Gasteiger partial charge in [-0.2, -0.15) is 0 Å². The number of nitrogens with one attached hydrogen (secondary N) is 1. The maximum atomic E-state index is 3.66. The summed E-state index contributed by atoms with van der Waals surface area (Å²) in [6, 6.07) is 1.69. The van der Waals surface area contributed by atoms with Gasteiger partial charge in [-0.1, -0.05) is 0 Å². The van der Waals surface area contributed by atoms with Crippen LogP contribution < -0.4 is 5.32 Å². The molecular weight excluding hydrogens is 136 g/mol. The fourth-order valence-corrected chi connectivity index (χ4v) is 2.90. The zero-order chi connectivity index (χ0) is 7.42. The van der Waals surface area contributed by atoms with Crippen LogP contribution in [0.1, 0.15) is 12.8 Å². The molecule has 0 aromatic carbocycles. The van der Waals surface area contributed by atoms with Crippen LogP contribution in [-0.4, -0.2) is 37.1 Å². The normalized spacial score (nSPS) is 55.4. The molecule has 0 amide bonds. The van der Waals surface area contributed by atoms with E-state index >= 15 is 0 Å². The van der Waals surface area contributed by atoms with Gasteiger partial charge in [0.05, 0.1) is 0 Å². The molecule has 4 atom stereocenters. The number of rotatable bonds is 0. The summed E-state index contributed by atoms with van der Waals surface area (Å²) in [5, 5.41) is 3.66. The predicted octanol–water partition coefficient (Wildman–Crippen LogP) is 0.298. The lowest BCUT2D eigenvalue weighted by atomic mass is 10.1. The molecule has 62 valence electrons. The molecule has 4 rings (SSSR count). The Bertz CT molecular complexity index is 172. The van der Waals surface area contributed by atoms with Crippen molar-refractivity contribution in [2.45, 2.75) is 24.9 Å². The number of hydrogen-bond acceptors (Lipinski definition) is 2. The molecule has 0 aromatic rings. The summed E-state index contributed by atoms with van der Waals surface area (Å²) >= 11 is 0. The smallest absolute Gasteiger partial charge is 0.0226 e. The van der Waals surface area contributed by atoms with Gasteiger partial charge in [0.1, 0.15) is 0 Å². The summed E-state index contributed by atoms with van der Waals surface area (Å²) in [6.45, 7) is 2.54. The van der Waals surface area contributed by atoms with Crippen LogP contribution in [0.2, 0.25) is 0 Å². The van der Waals surface area contributed by atoms with Gasteiger partial charge >= 0.3 is 0 Å². The Morgan fingerprint density at radius 3 is 3.09 bits per heavy atom. The van der Waals surface area contributed by atoms with E-state index in [9.17, 15) is 0 Å². The van der Waals surface area contributed by atoms with Gasteiger partial charge in [-0.3, -0.25) is 0 Å². The first kappa shape index (κ1) is 6.44. The Morgan fingerprint density at radius 1 is 1.36 bits per heavy atom. The highest BCUT2D eigenvalue weighted by molar-refractivity contribution is 5.05. The number of hydrogen-bond donors (Lipinski definition) is 1. The van der Waals surface area contributed by atoms with Crippen LogP contribution in [0.5, 0.6) is 0 Å². The van der Waals surface area contributed by atoms with Crippen molar-refractivity contribution < 1.29 is 0 Å². The van der Waals surface area contributed by atoms with E-state index in [1.54, 1.807) is 0 Å². The third-order valence-electron chi connectivity index (χ3n) is 3.79. The minimum absolute atomic E-state index is 0.837. The molecular formula is C9H16N2. The predicted molar refractivity (Wildman–Crippen MR) is 44.4 cm³/mol. The van der Waals surface area contributed by atoms with Crippen LogP contribution >= 0.6 is 0 Å². The van der Waals surface area contributed by atoms with E-state index in [-0.39, 0.29) is 0 Å². The summed E-state index contributed by atoms with van der Waals surface area (Å²) in [4.78, 5) is 2.55. The molecule has 0 spiro atoms. The van der Waals surface area contributed by atoms with E-state index in [1.165, 1.54) is 25.9 Å². The van der Waals surface area contributed by atoms with Gasteiger partial charge in [-0.15, -0.1) is 0 Å². The molecule has 2 bridgehead atoms. The van der Waals surface area contributed by atoms with Crippen LogP contribution in [-0.2, 0) is 0 Å². The average molecular weight is 152 g/mol. The average Bonchev–Trinajstić information content (AvgIpc) is 2.69. The van der Waals surface area contributed by atoms with Crippen molar-refractivity contribution in [2.75, 3.05) is 20.1 Å². The highest BCUT2D eigenvalue weighted by Gasteiger charge is 2.49. The molecule has 3 saturated heterocycles. The SMILES string of the molecule is CN1CC2NCC1CC1CC12. The van der Waals surface area contributed by atoms with Crippen molar-refractivity contribution in [1.29, 1.82) is 0 Å². The van der Waals surface area contributed by atoms with Crippen molar-refractivity contribution in [1.82, 2.24) is 10.2 Å². The lowest BCUT2D eigenvalue weighted by molar-refractivity contribution is 0.166. The molecule has 4 aliphatic rings. The number of fused-ring (bicyclic) bond motifs is 2. The van der Waals surface area contributed by atoms with Crippen molar-refractivity contribution in [3.63, 3.8) is 0 Å². The van der Waals surface area contributed by atoms with E-state index in [2.05, 4.69) is 17.3 Å². The first-order chi connectivity index (χ1) is 5.34. The van der Waals surface area contributed by atoms with Crippen LogP contribution in [0.15, 0.2) is 0 Å². The molecule has 11 heavy (non-hydrogen) atoms. The van der Waals surface area contributed by atoms with Gasteiger partial charge in [-0.25, -0.2) is 0 Å². The standard InChI is InChI=1S/C9H16N2/c1-11-5-9-8-3-6(8)2-7(11)4-10-9/h6-10H,2-5H2,1H3. The minimum Gasteiger partial charge on any atom is -0.311 e. The van der Waals surface area contributed by atoms with Crippen molar-refractivity contribution in [3.05, 3.63) is 0 Å². The van der Waals surface area contributed by atoms with E-state index in [0.717, 1.165) is 23.9 Å². The largest absolute Gasteiger partial charge is 0.311 e. The summed E-state index contributed by atoms with van der Waals surface area (Å²) in [7, 11) is 2.28. The molecule has 4 fully saturated rings. The number of likely N-dealkylation sites (N-methyl/N-ethyl adjacent to an activating group) is 1. The van der Waals surface area contributed by atoms with Crippen LogP contribution in [0.3, 0.4) is 0 Å². The van der Waals surface area contributed by atoms with Crippen LogP contribution in [0, 0.1) is 11.8 Å². The zero-order valence-corrected chi connectivity index (χ0v) is 7.09. The van der Waals surface area contributed by atoms with Gasteiger partial charge in [-0.05, 0) is 31.7 Å². The first-order valence-electron chi connectivity index (χ1n) is 4.78. The quantitative estimate of drug-likeness (QED) is 0.537. The summed E-state index contributed by atoms with van der Waals surface area (Å²) in [5.74, 6) is 2.13. The molecule has 1 saturated carbocycles. The number of piperazine rings is 1. The van der Waals surface area contributed by atoms with Crippen LogP contribution in [0.25, 0.3) is 0 Å². The Balaban J connectivity index is 1.87. The van der Waals surface area contributed by atoms with Crippen LogP contribution in [0.4, 0.5) is 0 Å². The summed E-state index contributed by atoms with van der Waals surface area (Å²) in [5.41, 5.74) is 0. The molecule has 0 aromatic heterocycles. The molecule has 2 nitrogen and oxygen atoms in total. The van der Waals surface area contributed by atoms with Gasteiger partial charge in [0.2, 0.25) is 0 Å². The highest BCUT2D eigenvalue weighted by atomic mass is 15.2. The Labute approximate surface area is 68.0 Å². The van der Waals surface area contributed by atoms with Gasteiger partial charge in [0, 0.05) is 25.2 Å². The molecule has 3 heterocycles. The molecule has 1 N–H and O–H groups in total. The van der Waals surface area contributed by atoms with Gasteiger partial charge in [0.15, 0.2) is 0 Å². The Hall–Kier alpha value is -0.0800. The maximum Gasteiger partial charge on any atom is 0.0226 e. The highest BCUT2D eigenvalue weighted by Crippen LogP contribution is 2.48. The van der Waals surface area contributed by atoms with Gasteiger partial charge < -0.3 is 10.2 Å². The maximum absolute atomic E-state index is 3.66. The first-order valence-corrected chi connectivity index (χ1v) is 4.78. The van der Waals surface area contributed by atoms with E-state index in [4.69, 9.17) is 0 Å². The summed E-state index contributed by atoms with van der Waals surface area (Å²) in [6.07, 6.45) is 2.98. The third-order valence-corrected chi connectivity index (χ3v) is 3.79. The summed E-state index contributed by atoms with van der Waals surface area (Å²) < 4.78 is 0. The zero-order valence-electron chi connectivity index (χ0n) is 7.09. The second-order valence-electron chi connectivity index (χ2n) is 4.50. The lowest BCUT2D eigenvalue weighted by Crippen LogP contribution is -2.53. The molecule has 4 unspecified atom stereocenters. The Morgan fingerprint density at radius 2 is 2.27 bits per heavy atom. The van der Waals surface area contributed by atoms with Gasteiger partial charge in [0.25, 0.3) is 0 Å². The number of nitrogens with zero attached hydrogens (tertiary/aromatic N) is 1. The fourth-order valence-electron chi connectivity index (χ4n) is 2.90. The second kappa shape index (κ2) is 1.99. The van der Waals surface area contributed by atoms with E-state index in [0.29, 0.717) is 0 Å². The van der Waals surface area contributed by atoms with Crippen molar-refractivity contribution >= 4 is 0 Å². The third kappa shape index (κ3) is 0.859. The molecule has 0 radical (unpaired) electrons. The van der Waals surface area contributed by atoms with E-state index in [1.807, 2.05) is 0 Å². The fraction of sp³-hybridized carbons (Fsp3) is 1.00. The lowest BCUT2D eigenvalue weighted by Gasteiger charge is -2.35. The second-order valence-corrected chi connectivity index (χ2v) is 4.50. The molecule has 3 aliphatic heterocycles. The monoisotopic (exact) mass is 152 g/mol.